The van der Waals surface area contributed by atoms with E-state index in [1.54, 1.807) is 30.7 Å². The van der Waals surface area contributed by atoms with Crippen molar-refractivity contribution in [2.45, 2.75) is 4.21 Å². The van der Waals surface area contributed by atoms with Crippen molar-refractivity contribution in [2.24, 2.45) is 0 Å². The Hall–Kier alpha value is -1.03. The van der Waals surface area contributed by atoms with Gasteiger partial charge in [-0.2, -0.15) is 4.31 Å². The summed E-state index contributed by atoms with van der Waals surface area (Å²) in [5.41, 5.74) is 0. The molecule has 0 atom stereocenters. The second-order valence-electron chi connectivity index (χ2n) is 4.51. The Labute approximate surface area is 135 Å². The van der Waals surface area contributed by atoms with Gasteiger partial charge in [0.25, 0.3) is 10.0 Å². The van der Waals surface area contributed by atoms with Gasteiger partial charge in [-0.3, -0.25) is 4.98 Å². The van der Waals surface area contributed by atoms with Crippen LogP contribution in [0.25, 0.3) is 0 Å². The quantitative estimate of drug-likeness (QED) is 0.801. The third kappa shape index (κ3) is 3.10. The number of hydrogen-bond acceptors (Lipinski definition) is 6. The third-order valence-corrected chi connectivity index (χ3v) is 7.24. The molecule has 0 amide bonds. The Kier molecular flexibility index (Phi) is 4.25. The van der Waals surface area contributed by atoms with Gasteiger partial charge < -0.3 is 4.90 Å². The number of thiophene rings is 1. The second kappa shape index (κ2) is 5.99. The predicted molar refractivity (Wildman–Crippen MR) is 85.0 cm³/mol. The number of anilines is 1. The molecular formula is C12H13BrN4O2S2. The van der Waals surface area contributed by atoms with Crippen LogP contribution in [-0.4, -0.2) is 48.9 Å². The van der Waals surface area contributed by atoms with E-state index in [1.807, 2.05) is 4.90 Å². The zero-order valence-corrected chi connectivity index (χ0v) is 14.2. The number of halogens is 1. The molecular weight excluding hydrogens is 376 g/mol. The fraction of sp³-hybridized carbons (Fsp3) is 0.333. The number of hydrogen-bond donors (Lipinski definition) is 0. The van der Waals surface area contributed by atoms with Gasteiger partial charge in [-0.25, -0.2) is 13.4 Å². The highest BCUT2D eigenvalue weighted by molar-refractivity contribution is 9.11. The summed E-state index contributed by atoms with van der Waals surface area (Å²) in [6.07, 6.45) is 4.96. The molecule has 9 heteroatoms. The molecule has 3 heterocycles. The summed E-state index contributed by atoms with van der Waals surface area (Å²) in [5, 5.41) is 0. The maximum Gasteiger partial charge on any atom is 0.252 e. The molecule has 21 heavy (non-hydrogen) atoms. The maximum absolute atomic E-state index is 12.5. The Bertz CT molecular complexity index is 712. The first kappa shape index (κ1) is 14.9. The van der Waals surface area contributed by atoms with Gasteiger partial charge in [0, 0.05) is 38.6 Å². The molecule has 0 saturated carbocycles. The van der Waals surface area contributed by atoms with Crippen LogP contribution in [0.4, 0.5) is 5.82 Å². The van der Waals surface area contributed by atoms with Crippen LogP contribution in [0.15, 0.2) is 38.7 Å². The molecule has 1 fully saturated rings. The van der Waals surface area contributed by atoms with Crippen LogP contribution in [0.5, 0.6) is 0 Å². The molecule has 1 aliphatic rings. The summed E-state index contributed by atoms with van der Waals surface area (Å²) in [5.74, 6) is 0.786. The van der Waals surface area contributed by atoms with E-state index < -0.39 is 10.0 Å². The first-order chi connectivity index (χ1) is 10.1. The van der Waals surface area contributed by atoms with E-state index >= 15 is 0 Å². The summed E-state index contributed by atoms with van der Waals surface area (Å²) >= 11 is 4.54. The fourth-order valence-corrected chi connectivity index (χ4v) is 5.76. The monoisotopic (exact) mass is 388 g/mol. The molecule has 0 unspecified atom stereocenters. The molecule has 0 bridgehead atoms. The van der Waals surface area contributed by atoms with Gasteiger partial charge in [-0.1, -0.05) is 0 Å². The first-order valence-electron chi connectivity index (χ1n) is 6.34. The Morgan fingerprint density at radius 1 is 1.14 bits per heavy atom. The van der Waals surface area contributed by atoms with E-state index in [0.29, 0.717) is 30.4 Å². The molecule has 0 N–H and O–H groups in total. The van der Waals surface area contributed by atoms with Crippen molar-refractivity contribution >= 4 is 43.1 Å². The normalized spacial score (nSPS) is 17.1. The van der Waals surface area contributed by atoms with Gasteiger partial charge in [-0.05, 0) is 28.1 Å². The van der Waals surface area contributed by atoms with E-state index in [0.717, 1.165) is 9.60 Å². The molecule has 1 saturated heterocycles. The highest BCUT2D eigenvalue weighted by Gasteiger charge is 2.29. The lowest BCUT2D eigenvalue weighted by Crippen LogP contribution is -2.48. The van der Waals surface area contributed by atoms with Crippen LogP contribution in [0.3, 0.4) is 0 Å². The summed E-state index contributed by atoms with van der Waals surface area (Å²) in [4.78, 5) is 10.3. The summed E-state index contributed by atoms with van der Waals surface area (Å²) in [6, 6.07) is 3.40. The zero-order valence-electron chi connectivity index (χ0n) is 11.0. The SMILES string of the molecule is O=S(=O)(c1ccc(Br)s1)N1CCN(c2cnccn2)CC1. The number of sulfonamides is 1. The summed E-state index contributed by atoms with van der Waals surface area (Å²) in [6.45, 7) is 2.14. The van der Waals surface area contributed by atoms with Crippen LogP contribution in [-0.2, 0) is 10.0 Å². The maximum atomic E-state index is 12.5. The molecule has 6 nitrogen and oxygen atoms in total. The van der Waals surface area contributed by atoms with Crippen molar-refractivity contribution in [3.63, 3.8) is 0 Å². The lowest BCUT2D eigenvalue weighted by molar-refractivity contribution is 0.384. The molecule has 2 aromatic rings. The number of nitrogens with zero attached hydrogens (tertiary/aromatic N) is 4. The lowest BCUT2D eigenvalue weighted by atomic mass is 10.3. The topological polar surface area (TPSA) is 66.4 Å². The van der Waals surface area contributed by atoms with Gasteiger partial charge >= 0.3 is 0 Å². The summed E-state index contributed by atoms with van der Waals surface area (Å²) < 4.78 is 27.7. The molecule has 0 spiro atoms. The van der Waals surface area contributed by atoms with Gasteiger partial charge in [0.1, 0.15) is 10.0 Å². The third-order valence-electron chi connectivity index (χ3n) is 3.25. The number of rotatable bonds is 3. The highest BCUT2D eigenvalue weighted by Crippen LogP contribution is 2.29. The smallest absolute Gasteiger partial charge is 0.252 e. The average molecular weight is 389 g/mol. The first-order valence-corrected chi connectivity index (χ1v) is 9.39. The van der Waals surface area contributed by atoms with Crippen molar-refractivity contribution in [3.05, 3.63) is 34.5 Å². The molecule has 0 radical (unpaired) electrons. The largest absolute Gasteiger partial charge is 0.353 e. The molecule has 0 aliphatic carbocycles. The van der Waals surface area contributed by atoms with E-state index in [2.05, 4.69) is 25.9 Å². The van der Waals surface area contributed by atoms with Crippen LogP contribution < -0.4 is 4.90 Å². The van der Waals surface area contributed by atoms with Crippen LogP contribution >= 0.6 is 27.3 Å². The molecule has 1 aliphatic heterocycles. The van der Waals surface area contributed by atoms with Gasteiger partial charge in [0.15, 0.2) is 0 Å². The van der Waals surface area contributed by atoms with E-state index in [1.165, 1.54) is 15.6 Å². The van der Waals surface area contributed by atoms with Crippen LogP contribution in [0.1, 0.15) is 0 Å². The average Bonchev–Trinajstić information content (AvgIpc) is 2.96. The fourth-order valence-electron chi connectivity index (χ4n) is 2.18. The van der Waals surface area contributed by atoms with Gasteiger partial charge in [0.2, 0.25) is 0 Å². The highest BCUT2D eigenvalue weighted by atomic mass is 79.9. The standard InChI is InChI=1S/C12H13BrN4O2S2/c13-10-1-2-12(20-10)21(18,19)17-7-5-16(6-8-17)11-9-14-3-4-15-11/h1-4,9H,5-8H2. The Morgan fingerprint density at radius 2 is 1.90 bits per heavy atom. The lowest BCUT2D eigenvalue weighted by Gasteiger charge is -2.34. The minimum absolute atomic E-state index is 0.377. The van der Waals surface area contributed by atoms with Crippen molar-refractivity contribution < 1.29 is 8.42 Å². The van der Waals surface area contributed by atoms with Crippen molar-refractivity contribution in [1.82, 2.24) is 14.3 Å². The molecule has 0 aromatic carbocycles. The predicted octanol–water partition coefficient (Wildman–Crippen LogP) is 1.81. The molecule has 2 aromatic heterocycles. The number of piperazine rings is 1. The van der Waals surface area contributed by atoms with Crippen molar-refractivity contribution in [2.75, 3.05) is 31.1 Å². The van der Waals surface area contributed by atoms with Crippen LogP contribution in [0, 0.1) is 0 Å². The van der Waals surface area contributed by atoms with Crippen molar-refractivity contribution in [3.8, 4) is 0 Å². The van der Waals surface area contributed by atoms with Gasteiger partial charge in [0.05, 0.1) is 9.98 Å². The Morgan fingerprint density at radius 3 is 2.48 bits per heavy atom. The van der Waals surface area contributed by atoms with E-state index in [4.69, 9.17) is 0 Å². The van der Waals surface area contributed by atoms with Crippen molar-refractivity contribution in [1.29, 1.82) is 0 Å². The Balaban J connectivity index is 1.71. The van der Waals surface area contributed by atoms with E-state index in [9.17, 15) is 8.42 Å². The number of aromatic nitrogens is 2. The molecule has 112 valence electrons. The summed E-state index contributed by atoms with van der Waals surface area (Å²) in [7, 11) is -3.39. The molecule has 3 rings (SSSR count). The minimum Gasteiger partial charge on any atom is -0.353 e. The minimum atomic E-state index is -3.39. The van der Waals surface area contributed by atoms with Gasteiger partial charge in [-0.15, -0.1) is 11.3 Å². The van der Waals surface area contributed by atoms with E-state index in [-0.39, 0.29) is 0 Å². The second-order valence-corrected chi connectivity index (χ2v) is 9.14. The zero-order chi connectivity index (χ0) is 14.9. The van der Waals surface area contributed by atoms with Crippen LogP contribution in [0.2, 0.25) is 0 Å².